The Balaban J connectivity index is 0.000000170. The summed E-state index contributed by atoms with van der Waals surface area (Å²) >= 11 is 0. The van der Waals surface area contributed by atoms with Crippen LogP contribution < -0.4 is 9.80 Å². The molecule has 314 valence electrons. The number of nitriles is 2. The average molecular weight is 865 g/mol. The summed E-state index contributed by atoms with van der Waals surface area (Å²) in [5.41, 5.74) is 6.88. The largest absolute Gasteiger partial charge is 0.504 e. The number of benzene rings is 4. The molecule has 0 amide bonds. The van der Waals surface area contributed by atoms with Gasteiger partial charge in [0.15, 0.2) is 0 Å². The van der Waals surface area contributed by atoms with Crippen molar-refractivity contribution in [3.63, 3.8) is 0 Å². The Morgan fingerprint density at radius 3 is 1.55 bits per heavy atom. The Labute approximate surface area is 363 Å². The Kier molecular flexibility index (Phi) is 12.3. The SMILES string of the molecule is CN1/C(=C(C#N)/C=C/C=C2/C(=O)c3ccccc3S2(=O)=O)C(C)(C)c2ccccc21.CN1/C(=C\C#N)C(C)(C)c2ccccc21.CO/C=C/C=C1/C(=O)c2ccccc2S1(=O)=O. The summed E-state index contributed by atoms with van der Waals surface area (Å²) in [5.74, 6) is -0.992. The van der Waals surface area contributed by atoms with E-state index < -0.39 is 31.2 Å². The molecule has 0 N–H and O–H groups in total. The lowest BCUT2D eigenvalue weighted by Gasteiger charge is -2.25. The Morgan fingerprint density at radius 1 is 0.645 bits per heavy atom. The first-order valence-electron chi connectivity index (χ1n) is 19.4. The maximum absolute atomic E-state index is 12.7. The summed E-state index contributed by atoms with van der Waals surface area (Å²) in [6.07, 6.45) is 9.90. The van der Waals surface area contributed by atoms with Crippen molar-refractivity contribution in [1.82, 2.24) is 0 Å². The molecule has 62 heavy (non-hydrogen) atoms. The standard InChI is InChI=1S/C24H20N2O3S.C13H14N2.C12H10O4S/c1-24(2)18-11-5-6-12-19(18)26(3)23(24)16(15-25)9-8-14-21-22(27)17-10-4-7-13-20(17)30(21,28)29;1-13(2)10-6-4-5-7-11(10)15(3)12(13)8-9-14;1-16-8-4-7-11-12(13)9-5-2-3-6-10(9)17(11,14)15/h4-14H,1-3H3;4-8H,1-3H3;2-8H,1H3/b9-8+,21-14-,23-16-;12-8-;8-4+,11-7-. The monoisotopic (exact) mass is 864 g/mol. The molecule has 0 radical (unpaired) electrons. The molecule has 0 bridgehead atoms. The number of ketones is 2. The highest BCUT2D eigenvalue weighted by molar-refractivity contribution is 7.97. The van der Waals surface area contributed by atoms with Crippen molar-refractivity contribution >= 4 is 42.6 Å². The molecule has 0 saturated heterocycles. The van der Waals surface area contributed by atoms with Gasteiger partial charge in [-0.3, -0.25) is 9.59 Å². The second-order valence-electron chi connectivity index (χ2n) is 15.6. The first kappa shape index (κ1) is 44.5. The molecule has 11 nitrogen and oxygen atoms in total. The van der Waals surface area contributed by atoms with Crippen LogP contribution in [-0.4, -0.2) is 49.6 Å². The fourth-order valence-corrected chi connectivity index (χ4v) is 11.4. The van der Waals surface area contributed by atoms with Gasteiger partial charge in [-0.25, -0.2) is 16.8 Å². The van der Waals surface area contributed by atoms with E-state index in [0.29, 0.717) is 5.57 Å². The molecule has 4 aromatic carbocycles. The van der Waals surface area contributed by atoms with Gasteiger partial charge in [-0.1, -0.05) is 94.4 Å². The van der Waals surface area contributed by atoms with E-state index in [-0.39, 0.29) is 41.6 Å². The van der Waals surface area contributed by atoms with Crippen molar-refractivity contribution < 1.29 is 31.2 Å². The van der Waals surface area contributed by atoms with E-state index in [1.54, 1.807) is 36.4 Å². The summed E-state index contributed by atoms with van der Waals surface area (Å²) in [7, 11) is -2.16. The summed E-state index contributed by atoms with van der Waals surface area (Å²) in [4.78, 5) is 28.1. The summed E-state index contributed by atoms with van der Waals surface area (Å²) < 4.78 is 54.1. The minimum Gasteiger partial charge on any atom is -0.504 e. The normalized spacial score (nSPS) is 20.8. The van der Waals surface area contributed by atoms with E-state index in [4.69, 9.17) is 5.26 Å². The number of carbonyl (C=O) groups excluding carboxylic acids is 2. The van der Waals surface area contributed by atoms with Crippen molar-refractivity contribution in [2.24, 2.45) is 0 Å². The van der Waals surface area contributed by atoms with E-state index in [9.17, 15) is 31.7 Å². The van der Waals surface area contributed by atoms with Crippen molar-refractivity contribution in [3.05, 3.63) is 189 Å². The van der Waals surface area contributed by atoms with Gasteiger partial charge in [-0.05, 0) is 71.8 Å². The van der Waals surface area contributed by atoms with Crippen LogP contribution in [0.4, 0.5) is 11.4 Å². The van der Waals surface area contributed by atoms with Gasteiger partial charge < -0.3 is 14.5 Å². The highest BCUT2D eigenvalue weighted by Crippen LogP contribution is 2.48. The van der Waals surface area contributed by atoms with Crippen molar-refractivity contribution in [1.29, 1.82) is 10.5 Å². The van der Waals surface area contributed by atoms with E-state index in [2.05, 4.69) is 61.6 Å². The molecule has 4 aliphatic rings. The lowest BCUT2D eigenvalue weighted by molar-refractivity contribution is 0.103. The summed E-state index contributed by atoms with van der Waals surface area (Å²) in [6.45, 7) is 8.41. The molecule has 0 atom stereocenters. The van der Waals surface area contributed by atoms with Crippen LogP contribution in [0.1, 0.15) is 59.5 Å². The van der Waals surface area contributed by atoms with Crippen LogP contribution in [0.15, 0.2) is 176 Å². The van der Waals surface area contributed by atoms with Gasteiger partial charge in [0.1, 0.15) is 15.9 Å². The first-order chi connectivity index (χ1) is 29.4. The maximum Gasteiger partial charge on any atom is 0.211 e. The molecule has 13 heteroatoms. The highest BCUT2D eigenvalue weighted by Gasteiger charge is 2.42. The molecule has 0 saturated carbocycles. The number of fused-ring (bicyclic) bond motifs is 4. The van der Waals surface area contributed by atoms with Crippen LogP contribution in [0.5, 0.6) is 0 Å². The predicted molar refractivity (Wildman–Crippen MR) is 239 cm³/mol. The first-order valence-corrected chi connectivity index (χ1v) is 22.3. The number of hydrogen-bond donors (Lipinski definition) is 0. The Morgan fingerprint density at radius 2 is 1.10 bits per heavy atom. The second-order valence-corrected chi connectivity index (χ2v) is 19.4. The smallest absolute Gasteiger partial charge is 0.211 e. The Bertz CT molecular complexity index is 3030. The van der Waals surface area contributed by atoms with Gasteiger partial charge >= 0.3 is 0 Å². The lowest BCUT2D eigenvalue weighted by atomic mass is 9.82. The molecule has 0 fully saturated rings. The van der Waals surface area contributed by atoms with Gasteiger partial charge in [0.25, 0.3) is 0 Å². The molecular weight excluding hydrogens is 821 g/mol. The van der Waals surface area contributed by atoms with Crippen molar-refractivity contribution in [3.8, 4) is 12.1 Å². The van der Waals surface area contributed by atoms with E-state index >= 15 is 0 Å². The number of para-hydroxylation sites is 2. The number of allylic oxidation sites excluding steroid dienone is 11. The average Bonchev–Trinajstić information content (AvgIpc) is 3.76. The zero-order chi connectivity index (χ0) is 45.2. The number of likely N-dealkylation sites (N-methyl/N-ethyl adjacent to an activating group) is 2. The van der Waals surface area contributed by atoms with Gasteiger partial charge in [0, 0.05) is 64.9 Å². The summed E-state index contributed by atoms with van der Waals surface area (Å²) in [5, 5.41) is 18.6. The number of ether oxygens (including phenoxy) is 1. The van der Waals surface area contributed by atoms with Crippen molar-refractivity contribution in [2.75, 3.05) is 31.0 Å². The van der Waals surface area contributed by atoms with Crippen LogP contribution >= 0.6 is 0 Å². The third-order valence-corrected chi connectivity index (χ3v) is 14.9. The van der Waals surface area contributed by atoms with E-state index in [1.807, 2.05) is 55.4 Å². The molecule has 0 spiro atoms. The zero-order valence-electron chi connectivity index (χ0n) is 35.2. The molecule has 8 rings (SSSR count). The molecule has 4 aromatic rings. The molecule has 0 aliphatic carbocycles. The fourth-order valence-electron chi connectivity index (χ4n) is 8.26. The van der Waals surface area contributed by atoms with Crippen molar-refractivity contribution in [2.45, 2.75) is 48.3 Å². The molecule has 4 aliphatic heterocycles. The van der Waals surface area contributed by atoms with Crippen LogP contribution in [0.2, 0.25) is 0 Å². The number of hydrogen-bond acceptors (Lipinski definition) is 11. The minimum absolute atomic E-state index is 0.0284. The third kappa shape index (κ3) is 7.62. The number of rotatable bonds is 4. The lowest BCUT2D eigenvalue weighted by Crippen LogP contribution is -2.24. The van der Waals surface area contributed by atoms with Gasteiger partial charge in [0.2, 0.25) is 31.2 Å². The van der Waals surface area contributed by atoms with Crippen LogP contribution in [-0.2, 0) is 35.2 Å². The quantitative estimate of drug-likeness (QED) is 0.109. The van der Waals surface area contributed by atoms with Crippen LogP contribution in [0, 0.1) is 22.7 Å². The third-order valence-electron chi connectivity index (χ3n) is 11.2. The summed E-state index contributed by atoms with van der Waals surface area (Å²) in [6, 6.07) is 33.0. The maximum atomic E-state index is 12.7. The number of carbonyl (C=O) groups is 2. The number of anilines is 2. The molecule has 0 aromatic heterocycles. The predicted octanol–water partition coefficient (Wildman–Crippen LogP) is 8.82. The highest BCUT2D eigenvalue weighted by atomic mass is 32.2. The minimum atomic E-state index is -3.85. The van der Waals surface area contributed by atoms with Gasteiger partial charge in [0.05, 0.1) is 34.8 Å². The molecule has 4 heterocycles. The second kappa shape index (κ2) is 17.1. The number of Topliss-reactive ketones (excluding diaryl/α,β-unsaturated/α-hetero) is 2. The van der Waals surface area contributed by atoms with E-state index in [0.717, 1.165) is 22.6 Å². The molecule has 0 unspecified atom stereocenters. The van der Waals surface area contributed by atoms with Gasteiger partial charge in [-0.2, -0.15) is 10.5 Å². The van der Waals surface area contributed by atoms with Crippen LogP contribution in [0.3, 0.4) is 0 Å². The Hall–Kier alpha value is -7.06. The van der Waals surface area contributed by atoms with Gasteiger partial charge in [-0.15, -0.1) is 0 Å². The van der Waals surface area contributed by atoms with Crippen LogP contribution in [0.25, 0.3) is 0 Å². The van der Waals surface area contributed by atoms with E-state index in [1.165, 1.54) is 73.2 Å². The number of methoxy groups -OCH3 is 1. The number of sulfone groups is 2. The fraction of sp³-hybridized carbons (Fsp3) is 0.184. The number of nitrogens with zero attached hydrogens (tertiary/aromatic N) is 4. The molecular formula is C49H44N4O7S2. The zero-order valence-corrected chi connectivity index (χ0v) is 36.9. The topological polar surface area (TPSA) is 166 Å².